The quantitative estimate of drug-likeness (QED) is 0.562. The molecule has 170 valence electrons. The molecule has 0 radical (unpaired) electrons. The van der Waals surface area contributed by atoms with E-state index in [0.29, 0.717) is 40.5 Å². The molecule has 2 aliphatic heterocycles. The normalized spacial score (nSPS) is 20.8. The Morgan fingerprint density at radius 3 is 2.70 bits per heavy atom. The smallest absolute Gasteiger partial charge is 0.255 e. The number of nitrogens with zero attached hydrogens (tertiary/aromatic N) is 4. The molecule has 2 aromatic carbocycles. The molecule has 5 rings (SSSR count). The predicted molar refractivity (Wildman–Crippen MR) is 127 cm³/mol. The van der Waals surface area contributed by atoms with Gasteiger partial charge < -0.3 is 9.64 Å². The number of halogens is 1. The van der Waals surface area contributed by atoms with Gasteiger partial charge >= 0.3 is 0 Å². The third-order valence-electron chi connectivity index (χ3n) is 6.66. The summed E-state index contributed by atoms with van der Waals surface area (Å²) in [6, 6.07) is 20.2. The summed E-state index contributed by atoms with van der Waals surface area (Å²) in [7, 11) is 0. The summed E-state index contributed by atoms with van der Waals surface area (Å²) in [6.07, 6.45) is 3.86. The maximum atomic E-state index is 13.4. The molecule has 3 heterocycles. The van der Waals surface area contributed by atoms with Gasteiger partial charge in [-0.15, -0.1) is 0 Å². The van der Waals surface area contributed by atoms with Crippen LogP contribution in [-0.2, 0) is 6.61 Å². The molecule has 33 heavy (non-hydrogen) atoms. The molecule has 0 bridgehead atoms. The van der Waals surface area contributed by atoms with Gasteiger partial charge in [-0.25, -0.2) is 0 Å². The van der Waals surface area contributed by atoms with Gasteiger partial charge in [-0.2, -0.15) is 10.2 Å². The van der Waals surface area contributed by atoms with Crippen molar-refractivity contribution in [2.24, 2.45) is 0 Å². The first kappa shape index (κ1) is 21.9. The molecule has 7 heteroatoms. The van der Waals surface area contributed by atoms with Gasteiger partial charge in [-0.05, 0) is 48.6 Å². The predicted octanol–water partition coefficient (Wildman–Crippen LogP) is 4.41. The minimum absolute atomic E-state index is 0.0326. The summed E-state index contributed by atoms with van der Waals surface area (Å²) >= 11 is 6.59. The fraction of sp³-hybridized carbons (Fsp3) is 0.346. The van der Waals surface area contributed by atoms with Crippen LogP contribution in [0.15, 0.2) is 66.9 Å². The lowest BCUT2D eigenvalue weighted by molar-refractivity contribution is 0.0329. The van der Waals surface area contributed by atoms with E-state index in [2.05, 4.69) is 45.4 Å². The minimum atomic E-state index is -0.0326. The number of ether oxygens (including phenoxy) is 1. The van der Waals surface area contributed by atoms with Crippen LogP contribution in [0.2, 0.25) is 5.02 Å². The average molecular weight is 463 g/mol. The second-order valence-electron chi connectivity index (χ2n) is 8.71. The van der Waals surface area contributed by atoms with Crippen molar-refractivity contribution in [2.45, 2.75) is 31.4 Å². The number of carbonyl (C=O) groups is 1. The number of benzene rings is 2. The Balaban J connectivity index is 1.23. The van der Waals surface area contributed by atoms with Crippen LogP contribution in [-0.4, -0.2) is 58.1 Å². The number of carbonyl (C=O) groups excluding carboxylic acids is 1. The zero-order valence-corrected chi connectivity index (χ0v) is 19.2. The highest BCUT2D eigenvalue weighted by atomic mass is 35.5. The highest BCUT2D eigenvalue weighted by Crippen LogP contribution is 2.33. The number of piperidine rings is 1. The fourth-order valence-corrected chi connectivity index (χ4v) is 5.14. The molecule has 2 aliphatic rings. The van der Waals surface area contributed by atoms with Crippen molar-refractivity contribution in [3.8, 4) is 5.75 Å². The Bertz CT molecular complexity index is 1100. The molecule has 2 fully saturated rings. The number of hydrogen-bond acceptors (Lipinski definition) is 5. The van der Waals surface area contributed by atoms with E-state index in [-0.39, 0.29) is 12.5 Å². The topological polar surface area (TPSA) is 58.6 Å². The second kappa shape index (κ2) is 9.89. The van der Waals surface area contributed by atoms with Crippen molar-refractivity contribution in [1.82, 2.24) is 20.0 Å². The lowest BCUT2D eigenvalue weighted by Crippen LogP contribution is -2.57. The van der Waals surface area contributed by atoms with E-state index < -0.39 is 0 Å². The van der Waals surface area contributed by atoms with Crippen LogP contribution < -0.4 is 4.74 Å². The van der Waals surface area contributed by atoms with Crippen LogP contribution in [0, 0.1) is 0 Å². The van der Waals surface area contributed by atoms with Crippen molar-refractivity contribution in [3.63, 3.8) is 0 Å². The molecular weight excluding hydrogens is 436 g/mol. The molecular formula is C26H27ClN4O2. The van der Waals surface area contributed by atoms with Crippen molar-refractivity contribution in [2.75, 3.05) is 26.2 Å². The number of piperazine rings is 1. The summed E-state index contributed by atoms with van der Waals surface area (Å²) in [5, 5.41) is 8.22. The summed E-state index contributed by atoms with van der Waals surface area (Å²) in [4.78, 5) is 17.8. The fourth-order valence-electron chi connectivity index (χ4n) is 4.88. The summed E-state index contributed by atoms with van der Waals surface area (Å²) in [5.74, 6) is 1.02. The number of fused-ring (bicyclic) bond motifs is 1. The molecule has 2 atom stereocenters. The van der Waals surface area contributed by atoms with Gasteiger partial charge in [0.1, 0.15) is 18.1 Å². The van der Waals surface area contributed by atoms with Gasteiger partial charge in [0.05, 0.1) is 10.6 Å². The first-order valence-corrected chi connectivity index (χ1v) is 11.8. The Hall–Kier alpha value is -2.96. The molecule has 1 amide bonds. The number of hydrogen-bond donors (Lipinski definition) is 0. The van der Waals surface area contributed by atoms with Gasteiger partial charge in [-0.3, -0.25) is 9.69 Å². The monoisotopic (exact) mass is 462 g/mol. The number of amides is 1. The van der Waals surface area contributed by atoms with Crippen molar-refractivity contribution in [1.29, 1.82) is 0 Å². The standard InChI is InChI=1S/C26H27ClN4O2/c27-25-23(9-4-10-24(25)33-18-21-8-5-13-28-29-21)26(32)31-15-14-30-16-20(11-12-22(30)17-31)19-6-2-1-3-7-19/h1-10,13,20,22H,11-12,14-18H2/t20-,22+/m0/s1. The zero-order chi connectivity index (χ0) is 22.6. The van der Waals surface area contributed by atoms with Crippen LogP contribution in [0.1, 0.15) is 40.4 Å². The van der Waals surface area contributed by atoms with E-state index in [1.165, 1.54) is 5.56 Å². The van der Waals surface area contributed by atoms with Crippen molar-refractivity contribution < 1.29 is 9.53 Å². The van der Waals surface area contributed by atoms with E-state index >= 15 is 0 Å². The largest absolute Gasteiger partial charge is 0.486 e. The molecule has 0 unspecified atom stereocenters. The van der Waals surface area contributed by atoms with Crippen LogP contribution in [0.25, 0.3) is 0 Å². The lowest BCUT2D eigenvalue weighted by atomic mass is 9.86. The van der Waals surface area contributed by atoms with E-state index in [1.54, 1.807) is 24.4 Å². The first-order chi connectivity index (χ1) is 16.2. The molecule has 0 N–H and O–H groups in total. The van der Waals surface area contributed by atoms with Crippen LogP contribution in [0.5, 0.6) is 5.75 Å². The van der Waals surface area contributed by atoms with Gasteiger partial charge in [-0.1, -0.05) is 48.0 Å². The molecule has 1 aromatic heterocycles. The van der Waals surface area contributed by atoms with Gasteiger partial charge in [0.15, 0.2) is 0 Å². The van der Waals surface area contributed by atoms with Crippen molar-refractivity contribution >= 4 is 17.5 Å². The molecule has 6 nitrogen and oxygen atoms in total. The zero-order valence-electron chi connectivity index (χ0n) is 18.4. The maximum Gasteiger partial charge on any atom is 0.255 e. The van der Waals surface area contributed by atoms with E-state index in [1.807, 2.05) is 17.0 Å². The highest BCUT2D eigenvalue weighted by Gasteiger charge is 2.35. The van der Waals surface area contributed by atoms with E-state index in [4.69, 9.17) is 16.3 Å². The molecule has 2 saturated heterocycles. The third kappa shape index (κ3) is 4.87. The Kier molecular flexibility index (Phi) is 6.55. The van der Waals surface area contributed by atoms with Crippen molar-refractivity contribution in [3.05, 3.63) is 88.7 Å². The highest BCUT2D eigenvalue weighted by molar-refractivity contribution is 6.35. The molecule has 0 aliphatic carbocycles. The van der Waals surface area contributed by atoms with Gasteiger partial charge in [0.2, 0.25) is 0 Å². The minimum Gasteiger partial charge on any atom is -0.486 e. The van der Waals surface area contributed by atoms with E-state index in [9.17, 15) is 4.79 Å². The molecule has 3 aromatic rings. The lowest BCUT2D eigenvalue weighted by Gasteiger charge is -2.46. The average Bonchev–Trinajstić information content (AvgIpc) is 2.88. The maximum absolute atomic E-state index is 13.4. The molecule has 0 spiro atoms. The number of rotatable bonds is 5. The van der Waals surface area contributed by atoms with Gasteiger partial charge in [0.25, 0.3) is 5.91 Å². The Morgan fingerprint density at radius 2 is 1.88 bits per heavy atom. The summed E-state index contributed by atoms with van der Waals surface area (Å²) in [5.41, 5.74) is 2.60. The molecule has 0 saturated carbocycles. The Morgan fingerprint density at radius 1 is 1.00 bits per heavy atom. The number of aromatic nitrogens is 2. The van der Waals surface area contributed by atoms with Gasteiger partial charge in [0, 0.05) is 38.4 Å². The van der Waals surface area contributed by atoms with Crippen LogP contribution in [0.3, 0.4) is 0 Å². The second-order valence-corrected chi connectivity index (χ2v) is 9.08. The van der Waals surface area contributed by atoms with Crippen LogP contribution >= 0.6 is 11.6 Å². The Labute approximate surface area is 199 Å². The van der Waals surface area contributed by atoms with Crippen LogP contribution in [0.4, 0.5) is 0 Å². The first-order valence-electron chi connectivity index (χ1n) is 11.4. The van der Waals surface area contributed by atoms with E-state index in [0.717, 1.165) is 32.5 Å². The summed E-state index contributed by atoms with van der Waals surface area (Å²) in [6.45, 7) is 3.64. The SMILES string of the molecule is O=C(c1cccc(OCc2cccnn2)c1Cl)N1CCN2C[C@@H](c3ccccc3)CC[C@@H]2C1. The third-order valence-corrected chi connectivity index (χ3v) is 7.05. The summed E-state index contributed by atoms with van der Waals surface area (Å²) < 4.78 is 5.83.